The summed E-state index contributed by atoms with van der Waals surface area (Å²) in [6, 6.07) is 4.13. The number of carbonyl (C=O) groups excluding carboxylic acids is 2. The Bertz CT molecular complexity index is 1430. The van der Waals surface area contributed by atoms with E-state index in [0.717, 1.165) is 19.3 Å². The first-order valence-electron chi connectivity index (χ1n) is 11.6. The van der Waals surface area contributed by atoms with Gasteiger partial charge in [0.2, 0.25) is 0 Å². The Morgan fingerprint density at radius 1 is 1.33 bits per heavy atom. The van der Waals surface area contributed by atoms with E-state index in [1.807, 2.05) is 0 Å². The van der Waals surface area contributed by atoms with Crippen molar-refractivity contribution >= 4 is 29.2 Å². The molecule has 2 aromatic heterocycles. The predicted molar refractivity (Wildman–Crippen MR) is 132 cm³/mol. The lowest BCUT2D eigenvalue weighted by Gasteiger charge is -2.45. The number of amides is 2. The zero-order valence-electron chi connectivity index (χ0n) is 19.7. The van der Waals surface area contributed by atoms with Crippen molar-refractivity contribution in [2.24, 2.45) is 11.1 Å². The fourth-order valence-corrected chi connectivity index (χ4v) is 5.50. The average Bonchev–Trinajstić information content (AvgIpc) is 3.52. The molecule has 4 N–H and O–H groups in total. The number of aromatic nitrogens is 4. The van der Waals surface area contributed by atoms with Gasteiger partial charge in [-0.3, -0.25) is 14.3 Å². The van der Waals surface area contributed by atoms with Gasteiger partial charge < -0.3 is 16.4 Å². The lowest BCUT2D eigenvalue weighted by molar-refractivity contribution is -0.125. The molecule has 1 spiro atoms. The van der Waals surface area contributed by atoms with Crippen LogP contribution < -0.4 is 11.5 Å². The van der Waals surface area contributed by atoms with E-state index in [-0.39, 0.29) is 35.3 Å². The number of nitrogens with two attached hydrogens (primary N) is 2. The van der Waals surface area contributed by atoms with E-state index >= 15 is 0 Å². The number of rotatable bonds is 5. The van der Waals surface area contributed by atoms with Crippen molar-refractivity contribution in [3.8, 4) is 23.1 Å². The molecule has 1 aliphatic carbocycles. The third-order valence-electron chi connectivity index (χ3n) is 7.08. The van der Waals surface area contributed by atoms with Crippen LogP contribution in [-0.2, 0) is 11.3 Å². The number of nitrogens with zero attached hydrogens (tertiary/aromatic N) is 5. The molecule has 9 nitrogen and oxygen atoms in total. The lowest BCUT2D eigenvalue weighted by atomic mass is 9.65. The second kappa shape index (κ2) is 8.99. The molecule has 3 heterocycles. The van der Waals surface area contributed by atoms with Gasteiger partial charge in [0.05, 0.1) is 18.8 Å². The number of benzene rings is 1. The second-order valence-corrected chi connectivity index (χ2v) is 9.90. The molecule has 2 aliphatic rings. The summed E-state index contributed by atoms with van der Waals surface area (Å²) in [5.41, 5.74) is 13.7. The maximum Gasteiger partial charge on any atom is 0.298 e. The molecule has 11 heteroatoms. The quantitative estimate of drug-likeness (QED) is 0.512. The minimum Gasteiger partial charge on any atom is -0.383 e. The molecule has 2 fully saturated rings. The molecule has 0 unspecified atom stereocenters. The molecule has 3 aromatic rings. The van der Waals surface area contributed by atoms with Crippen molar-refractivity contribution in [3.05, 3.63) is 52.6 Å². The van der Waals surface area contributed by atoms with Gasteiger partial charge in [-0.1, -0.05) is 17.5 Å². The topological polar surface area (TPSA) is 125 Å². The van der Waals surface area contributed by atoms with E-state index in [1.165, 1.54) is 18.2 Å². The molecule has 5 rings (SSSR count). The van der Waals surface area contributed by atoms with Crippen LogP contribution >= 0.6 is 11.6 Å². The number of hydrogen-bond acceptors (Lipinski definition) is 5. The minimum absolute atomic E-state index is 0.00898. The minimum atomic E-state index is -0.681. The van der Waals surface area contributed by atoms with Gasteiger partial charge in [-0.15, -0.1) is 0 Å². The summed E-state index contributed by atoms with van der Waals surface area (Å²) in [5, 5.41) is 9.41. The maximum absolute atomic E-state index is 13.6. The summed E-state index contributed by atoms with van der Waals surface area (Å²) in [6.45, 7) is 3.23. The molecule has 0 radical (unpaired) electrons. The first-order chi connectivity index (χ1) is 17.2. The molecule has 0 atom stereocenters. The van der Waals surface area contributed by atoms with Gasteiger partial charge in [-0.05, 0) is 61.3 Å². The van der Waals surface area contributed by atoms with Gasteiger partial charge in [-0.25, -0.2) is 9.07 Å². The Morgan fingerprint density at radius 3 is 2.83 bits per heavy atom. The zero-order valence-corrected chi connectivity index (χ0v) is 20.4. The summed E-state index contributed by atoms with van der Waals surface area (Å²) in [6.07, 6.45) is 5.72. The fraction of sp³-hybridized carbons (Fsp3) is 0.360. The number of anilines is 1. The highest BCUT2D eigenvalue weighted by atomic mass is 35.5. The average molecular weight is 510 g/mol. The Balaban J connectivity index is 1.37. The summed E-state index contributed by atoms with van der Waals surface area (Å²) in [5.74, 6) is 4.25. The van der Waals surface area contributed by atoms with E-state index in [4.69, 9.17) is 23.1 Å². The van der Waals surface area contributed by atoms with Gasteiger partial charge in [-0.2, -0.15) is 10.2 Å². The largest absolute Gasteiger partial charge is 0.383 e. The summed E-state index contributed by atoms with van der Waals surface area (Å²) in [7, 11) is 0. The Kier molecular flexibility index (Phi) is 5.96. The van der Waals surface area contributed by atoms with Crippen LogP contribution in [0.25, 0.3) is 11.3 Å². The van der Waals surface area contributed by atoms with Crippen LogP contribution in [-0.4, -0.2) is 49.4 Å². The van der Waals surface area contributed by atoms with Crippen molar-refractivity contribution in [3.63, 3.8) is 0 Å². The monoisotopic (exact) mass is 509 g/mol. The van der Waals surface area contributed by atoms with Gasteiger partial charge in [0.15, 0.2) is 0 Å². The third-order valence-corrected chi connectivity index (χ3v) is 7.45. The van der Waals surface area contributed by atoms with Gasteiger partial charge in [0, 0.05) is 29.9 Å². The number of halogens is 2. The van der Waals surface area contributed by atoms with Crippen LogP contribution in [0.15, 0.2) is 30.6 Å². The second-order valence-electron chi connectivity index (χ2n) is 9.49. The third kappa shape index (κ3) is 4.20. The van der Waals surface area contributed by atoms with E-state index in [1.54, 1.807) is 33.6 Å². The van der Waals surface area contributed by atoms with Crippen LogP contribution in [0.2, 0.25) is 5.02 Å². The zero-order chi connectivity index (χ0) is 25.6. The highest BCUT2D eigenvalue weighted by Crippen LogP contribution is 2.54. The molecule has 0 bridgehead atoms. The first-order valence-corrected chi connectivity index (χ1v) is 11.9. The van der Waals surface area contributed by atoms with E-state index in [2.05, 4.69) is 22.0 Å². The van der Waals surface area contributed by atoms with Crippen molar-refractivity contribution in [1.29, 1.82) is 0 Å². The molecular formula is C25H25ClFN7O2. The smallest absolute Gasteiger partial charge is 0.298 e. The molecular weight excluding hydrogens is 485 g/mol. The molecule has 1 saturated heterocycles. The van der Waals surface area contributed by atoms with Crippen molar-refractivity contribution < 1.29 is 14.0 Å². The Hall–Kier alpha value is -3.84. The number of hydrogen-bond donors (Lipinski definition) is 2. The fourth-order valence-electron chi connectivity index (χ4n) is 5.32. The van der Waals surface area contributed by atoms with Gasteiger partial charge >= 0.3 is 0 Å². The first kappa shape index (κ1) is 23.9. The number of likely N-dealkylation sites (tertiary alicyclic amines) is 1. The predicted octanol–water partition coefficient (Wildman–Crippen LogP) is 2.85. The molecule has 1 saturated carbocycles. The normalized spacial score (nSPS) is 20.8. The van der Waals surface area contributed by atoms with E-state index < -0.39 is 11.7 Å². The number of carbonyl (C=O) groups is 2. The molecule has 1 aliphatic heterocycles. The molecule has 1 aromatic carbocycles. The summed E-state index contributed by atoms with van der Waals surface area (Å²) < 4.78 is 16.9. The van der Waals surface area contributed by atoms with Crippen molar-refractivity contribution in [2.75, 3.05) is 18.8 Å². The van der Waals surface area contributed by atoms with Gasteiger partial charge in [0.1, 0.15) is 22.9 Å². The van der Waals surface area contributed by atoms with Crippen molar-refractivity contribution in [1.82, 2.24) is 24.5 Å². The van der Waals surface area contributed by atoms with Crippen LogP contribution in [0.5, 0.6) is 0 Å². The summed E-state index contributed by atoms with van der Waals surface area (Å²) >= 11 is 6.18. The van der Waals surface area contributed by atoms with E-state index in [0.29, 0.717) is 34.9 Å². The van der Waals surface area contributed by atoms with Gasteiger partial charge in [0.25, 0.3) is 11.8 Å². The SMILES string of the molecule is CC#CC(=O)N1CC[C@]2(C1)C[C@H](n1nc(-c3cnn(Cc4cc(F)ccc4Cl)c3)c(C(N)=O)c1N)C2. The summed E-state index contributed by atoms with van der Waals surface area (Å²) in [4.78, 5) is 26.2. The Morgan fingerprint density at radius 2 is 2.11 bits per heavy atom. The van der Waals surface area contributed by atoms with Crippen LogP contribution in [0, 0.1) is 23.1 Å². The van der Waals surface area contributed by atoms with Crippen LogP contribution in [0.3, 0.4) is 0 Å². The number of primary amides is 1. The highest BCUT2D eigenvalue weighted by Gasteiger charge is 2.51. The van der Waals surface area contributed by atoms with Crippen LogP contribution in [0.4, 0.5) is 10.2 Å². The van der Waals surface area contributed by atoms with E-state index in [9.17, 15) is 14.0 Å². The maximum atomic E-state index is 13.6. The van der Waals surface area contributed by atoms with Crippen LogP contribution in [0.1, 0.15) is 48.1 Å². The number of nitrogen functional groups attached to an aromatic ring is 1. The highest BCUT2D eigenvalue weighted by molar-refractivity contribution is 6.31. The molecule has 186 valence electrons. The Labute approximate surface area is 212 Å². The van der Waals surface area contributed by atoms with Crippen molar-refractivity contribution in [2.45, 2.75) is 38.8 Å². The molecule has 36 heavy (non-hydrogen) atoms. The molecule has 2 amide bonds. The lowest BCUT2D eigenvalue weighted by Crippen LogP contribution is -2.42. The standard InChI is InChI=1S/C25H25ClFN7O2/c1-2-3-20(35)32-7-6-25(14-32)9-18(10-25)34-23(28)21(24(29)36)22(31-34)16-11-30-33(13-16)12-15-8-17(27)4-5-19(15)26/h4-5,8,11,13,18H,6-7,9-10,12,14,28H2,1H3,(H2,29,36)/t18-,25-.